The highest BCUT2D eigenvalue weighted by Crippen LogP contribution is 2.09. The molecule has 0 saturated heterocycles. The van der Waals surface area contributed by atoms with Crippen LogP contribution in [0.5, 0.6) is 0 Å². The standard InChI is InChI=1S/C14H21FN2O/c1-11-10-12(6-7-13(11)15)14(18)16-8-4-5-9-17(2)3/h6-7,10H,4-5,8-9H2,1-3H3,(H,16,18). The normalized spacial score (nSPS) is 10.7. The van der Waals surface area contributed by atoms with Gasteiger partial charge in [-0.05, 0) is 64.2 Å². The van der Waals surface area contributed by atoms with E-state index in [0.29, 0.717) is 17.7 Å². The molecular formula is C14H21FN2O. The molecule has 1 rings (SSSR count). The summed E-state index contributed by atoms with van der Waals surface area (Å²) in [5.74, 6) is -0.416. The Labute approximate surface area is 108 Å². The number of benzene rings is 1. The van der Waals surface area contributed by atoms with Crippen molar-refractivity contribution >= 4 is 5.91 Å². The summed E-state index contributed by atoms with van der Waals surface area (Å²) in [6.07, 6.45) is 2.00. The van der Waals surface area contributed by atoms with Gasteiger partial charge in [-0.15, -0.1) is 0 Å². The maximum atomic E-state index is 13.1. The second-order valence-corrected chi connectivity index (χ2v) is 4.73. The van der Waals surface area contributed by atoms with Crippen LogP contribution in [0.1, 0.15) is 28.8 Å². The van der Waals surface area contributed by atoms with Crippen molar-refractivity contribution in [3.05, 3.63) is 35.1 Å². The highest BCUT2D eigenvalue weighted by molar-refractivity contribution is 5.94. The Morgan fingerprint density at radius 3 is 2.67 bits per heavy atom. The molecule has 0 fully saturated rings. The number of aryl methyl sites for hydroxylation is 1. The molecule has 0 bridgehead atoms. The lowest BCUT2D eigenvalue weighted by Gasteiger charge is -2.09. The van der Waals surface area contributed by atoms with E-state index >= 15 is 0 Å². The van der Waals surface area contributed by atoms with Gasteiger partial charge in [-0.25, -0.2) is 4.39 Å². The average molecular weight is 252 g/mol. The number of rotatable bonds is 6. The third-order valence-corrected chi connectivity index (χ3v) is 2.74. The fourth-order valence-corrected chi connectivity index (χ4v) is 1.64. The lowest BCUT2D eigenvalue weighted by atomic mass is 10.1. The first kappa shape index (κ1) is 14.6. The van der Waals surface area contributed by atoms with Crippen LogP contribution in [0.4, 0.5) is 4.39 Å². The quantitative estimate of drug-likeness (QED) is 0.787. The second kappa shape index (κ2) is 7.11. The van der Waals surface area contributed by atoms with Gasteiger partial charge in [-0.1, -0.05) is 0 Å². The van der Waals surface area contributed by atoms with Crippen molar-refractivity contribution in [3.8, 4) is 0 Å². The van der Waals surface area contributed by atoms with E-state index in [0.717, 1.165) is 19.4 Å². The van der Waals surface area contributed by atoms with Gasteiger partial charge in [0.15, 0.2) is 0 Å². The van der Waals surface area contributed by atoms with E-state index in [1.807, 2.05) is 14.1 Å². The molecule has 1 amide bonds. The monoisotopic (exact) mass is 252 g/mol. The van der Waals surface area contributed by atoms with Crippen LogP contribution in [0.3, 0.4) is 0 Å². The van der Waals surface area contributed by atoms with Crippen LogP contribution in [0, 0.1) is 12.7 Å². The van der Waals surface area contributed by atoms with Gasteiger partial charge < -0.3 is 10.2 Å². The molecule has 0 spiro atoms. The average Bonchev–Trinajstić information content (AvgIpc) is 2.31. The van der Waals surface area contributed by atoms with E-state index in [1.165, 1.54) is 12.1 Å². The highest BCUT2D eigenvalue weighted by atomic mass is 19.1. The smallest absolute Gasteiger partial charge is 0.251 e. The van der Waals surface area contributed by atoms with E-state index in [2.05, 4.69) is 10.2 Å². The molecule has 0 unspecified atom stereocenters. The topological polar surface area (TPSA) is 32.3 Å². The minimum atomic E-state index is -0.280. The van der Waals surface area contributed by atoms with Gasteiger partial charge in [0, 0.05) is 12.1 Å². The third kappa shape index (κ3) is 4.84. The molecule has 0 radical (unpaired) electrons. The Balaban J connectivity index is 2.34. The first-order valence-electron chi connectivity index (χ1n) is 6.20. The first-order valence-corrected chi connectivity index (χ1v) is 6.20. The molecule has 0 aliphatic carbocycles. The van der Waals surface area contributed by atoms with E-state index in [-0.39, 0.29) is 11.7 Å². The zero-order chi connectivity index (χ0) is 13.5. The molecule has 0 saturated carbocycles. The van der Waals surface area contributed by atoms with E-state index in [4.69, 9.17) is 0 Å². The molecule has 1 N–H and O–H groups in total. The number of hydrogen-bond acceptors (Lipinski definition) is 2. The maximum absolute atomic E-state index is 13.1. The number of amides is 1. The zero-order valence-electron chi connectivity index (χ0n) is 11.3. The summed E-state index contributed by atoms with van der Waals surface area (Å²) in [5, 5.41) is 2.84. The number of carbonyl (C=O) groups excluding carboxylic acids is 1. The summed E-state index contributed by atoms with van der Waals surface area (Å²) >= 11 is 0. The first-order chi connectivity index (χ1) is 8.50. The van der Waals surface area contributed by atoms with Crippen molar-refractivity contribution in [1.82, 2.24) is 10.2 Å². The Bertz CT molecular complexity index is 405. The van der Waals surface area contributed by atoms with Crippen molar-refractivity contribution < 1.29 is 9.18 Å². The number of unbranched alkanes of at least 4 members (excludes halogenated alkanes) is 1. The summed E-state index contributed by atoms with van der Waals surface area (Å²) in [6, 6.07) is 4.41. The molecular weight excluding hydrogens is 231 g/mol. The summed E-state index contributed by atoms with van der Waals surface area (Å²) < 4.78 is 13.1. The fourth-order valence-electron chi connectivity index (χ4n) is 1.64. The maximum Gasteiger partial charge on any atom is 0.251 e. The Hall–Kier alpha value is -1.42. The predicted octanol–water partition coefficient (Wildman–Crippen LogP) is 2.21. The molecule has 100 valence electrons. The second-order valence-electron chi connectivity index (χ2n) is 4.73. The van der Waals surface area contributed by atoms with Crippen LogP contribution in [0.25, 0.3) is 0 Å². The van der Waals surface area contributed by atoms with Crippen molar-refractivity contribution in [2.24, 2.45) is 0 Å². The number of nitrogens with one attached hydrogen (secondary N) is 1. The van der Waals surface area contributed by atoms with Gasteiger partial charge >= 0.3 is 0 Å². The molecule has 18 heavy (non-hydrogen) atoms. The molecule has 0 atom stereocenters. The molecule has 0 aliphatic rings. The molecule has 1 aromatic rings. The van der Waals surface area contributed by atoms with Crippen molar-refractivity contribution in [2.75, 3.05) is 27.2 Å². The molecule has 0 heterocycles. The largest absolute Gasteiger partial charge is 0.352 e. The van der Waals surface area contributed by atoms with Gasteiger partial charge in [0.1, 0.15) is 5.82 Å². The van der Waals surface area contributed by atoms with Crippen LogP contribution in [0.15, 0.2) is 18.2 Å². The van der Waals surface area contributed by atoms with E-state index < -0.39 is 0 Å². The van der Waals surface area contributed by atoms with Crippen molar-refractivity contribution in [2.45, 2.75) is 19.8 Å². The van der Waals surface area contributed by atoms with Crippen LogP contribution >= 0.6 is 0 Å². The van der Waals surface area contributed by atoms with Crippen LogP contribution in [-0.4, -0.2) is 38.0 Å². The predicted molar refractivity (Wildman–Crippen MR) is 71.3 cm³/mol. The van der Waals surface area contributed by atoms with E-state index in [9.17, 15) is 9.18 Å². The summed E-state index contributed by atoms with van der Waals surface area (Å²) in [5.41, 5.74) is 1.01. The molecule has 1 aromatic carbocycles. The number of hydrogen-bond donors (Lipinski definition) is 1. The van der Waals surface area contributed by atoms with Crippen LogP contribution < -0.4 is 5.32 Å². The van der Waals surface area contributed by atoms with Crippen molar-refractivity contribution in [1.29, 1.82) is 0 Å². The molecule has 0 aliphatic heterocycles. The summed E-state index contributed by atoms with van der Waals surface area (Å²) in [4.78, 5) is 13.9. The number of nitrogens with zero attached hydrogens (tertiary/aromatic N) is 1. The lowest BCUT2D eigenvalue weighted by molar-refractivity contribution is 0.0952. The van der Waals surface area contributed by atoms with E-state index in [1.54, 1.807) is 13.0 Å². The summed E-state index contributed by atoms with van der Waals surface area (Å²) in [7, 11) is 4.06. The van der Waals surface area contributed by atoms with Crippen molar-refractivity contribution in [3.63, 3.8) is 0 Å². The van der Waals surface area contributed by atoms with Gasteiger partial charge in [-0.3, -0.25) is 4.79 Å². The molecule has 0 aromatic heterocycles. The minimum absolute atomic E-state index is 0.136. The minimum Gasteiger partial charge on any atom is -0.352 e. The number of carbonyl (C=O) groups is 1. The Morgan fingerprint density at radius 2 is 2.06 bits per heavy atom. The third-order valence-electron chi connectivity index (χ3n) is 2.74. The van der Waals surface area contributed by atoms with Gasteiger partial charge in [0.05, 0.1) is 0 Å². The van der Waals surface area contributed by atoms with Crippen LogP contribution in [-0.2, 0) is 0 Å². The zero-order valence-corrected chi connectivity index (χ0v) is 11.3. The molecule has 3 nitrogen and oxygen atoms in total. The SMILES string of the molecule is Cc1cc(C(=O)NCCCCN(C)C)ccc1F. The lowest BCUT2D eigenvalue weighted by Crippen LogP contribution is -2.25. The number of halogens is 1. The molecule has 4 heteroatoms. The van der Waals surface area contributed by atoms with Gasteiger partial charge in [0.2, 0.25) is 0 Å². The Kier molecular flexibility index (Phi) is 5.78. The fraction of sp³-hybridized carbons (Fsp3) is 0.500. The van der Waals surface area contributed by atoms with Gasteiger partial charge in [0.25, 0.3) is 5.91 Å². The van der Waals surface area contributed by atoms with Crippen LogP contribution in [0.2, 0.25) is 0 Å². The summed E-state index contributed by atoms with van der Waals surface area (Å²) in [6.45, 7) is 3.33. The van der Waals surface area contributed by atoms with Gasteiger partial charge in [-0.2, -0.15) is 0 Å². The Morgan fingerprint density at radius 1 is 1.33 bits per heavy atom. The highest BCUT2D eigenvalue weighted by Gasteiger charge is 2.06.